The van der Waals surface area contributed by atoms with E-state index in [1.54, 1.807) is 6.07 Å². The van der Waals surface area contributed by atoms with Crippen LogP contribution in [0.4, 0.5) is 13.2 Å². The lowest BCUT2D eigenvalue weighted by molar-refractivity contribution is -0.137. The van der Waals surface area contributed by atoms with Gasteiger partial charge in [-0.25, -0.2) is 0 Å². The Hall–Kier alpha value is -0.990. The first-order valence-corrected chi connectivity index (χ1v) is 6.80. The van der Waals surface area contributed by atoms with Gasteiger partial charge in [-0.2, -0.15) is 13.2 Å². The summed E-state index contributed by atoms with van der Waals surface area (Å²) in [7, 11) is 0. The minimum atomic E-state index is -4.25. The van der Waals surface area contributed by atoms with Gasteiger partial charge in [0.25, 0.3) is 0 Å². The third-order valence-corrected chi connectivity index (χ3v) is 3.75. The Kier molecular flexibility index (Phi) is 5.05. The number of hydrogen-bond acceptors (Lipinski definition) is 0. The van der Waals surface area contributed by atoms with Crippen molar-refractivity contribution in [2.45, 2.75) is 53.1 Å². The smallest absolute Gasteiger partial charge is 0.166 e. The normalized spacial score (nSPS) is 14.5. The molecule has 0 fully saturated rings. The zero-order valence-electron chi connectivity index (χ0n) is 12.1. The lowest BCUT2D eigenvalue weighted by atomic mass is 9.76. The Morgan fingerprint density at radius 3 is 2.21 bits per heavy atom. The van der Waals surface area contributed by atoms with Crippen molar-refractivity contribution in [3.8, 4) is 0 Å². The molecular formula is C16H23F3. The molecule has 1 atom stereocenters. The van der Waals surface area contributed by atoms with Crippen molar-refractivity contribution in [1.29, 1.82) is 0 Å². The molecule has 0 heterocycles. The van der Waals surface area contributed by atoms with Crippen LogP contribution in [-0.2, 0) is 12.6 Å². The number of rotatable bonds is 4. The molecule has 0 saturated carbocycles. The largest absolute Gasteiger partial charge is 0.416 e. The number of alkyl halides is 3. The Balaban J connectivity index is 2.73. The van der Waals surface area contributed by atoms with Crippen LogP contribution in [0.1, 0.15) is 51.7 Å². The van der Waals surface area contributed by atoms with E-state index in [0.29, 0.717) is 12.3 Å². The van der Waals surface area contributed by atoms with Gasteiger partial charge in [0.1, 0.15) is 0 Å². The molecule has 1 aromatic rings. The first-order chi connectivity index (χ1) is 8.64. The summed E-state index contributed by atoms with van der Waals surface area (Å²) in [5, 5.41) is 0. The van der Waals surface area contributed by atoms with Crippen LogP contribution in [0.15, 0.2) is 24.3 Å². The summed E-state index contributed by atoms with van der Waals surface area (Å²) in [6.07, 6.45) is -1.55. The minimum Gasteiger partial charge on any atom is -0.166 e. The van der Waals surface area contributed by atoms with Crippen molar-refractivity contribution < 1.29 is 13.2 Å². The van der Waals surface area contributed by atoms with Crippen molar-refractivity contribution in [3.63, 3.8) is 0 Å². The maximum Gasteiger partial charge on any atom is 0.416 e. The monoisotopic (exact) mass is 272 g/mol. The van der Waals surface area contributed by atoms with E-state index < -0.39 is 11.7 Å². The van der Waals surface area contributed by atoms with E-state index in [2.05, 4.69) is 27.7 Å². The van der Waals surface area contributed by atoms with Crippen LogP contribution in [0.5, 0.6) is 0 Å². The van der Waals surface area contributed by atoms with E-state index in [4.69, 9.17) is 0 Å². The molecule has 0 amide bonds. The fourth-order valence-electron chi connectivity index (χ4n) is 2.49. The molecule has 0 nitrogen and oxygen atoms in total. The van der Waals surface area contributed by atoms with Gasteiger partial charge in [-0.3, -0.25) is 0 Å². The summed E-state index contributed by atoms with van der Waals surface area (Å²) in [6, 6.07) is 5.68. The van der Waals surface area contributed by atoms with Crippen molar-refractivity contribution in [1.82, 2.24) is 0 Å². The third kappa shape index (κ3) is 4.88. The second kappa shape index (κ2) is 5.98. The van der Waals surface area contributed by atoms with E-state index in [1.165, 1.54) is 12.1 Å². The third-order valence-electron chi connectivity index (χ3n) is 3.75. The summed E-state index contributed by atoms with van der Waals surface area (Å²) in [5.41, 5.74) is 0.433. The molecule has 0 aromatic heterocycles. The van der Waals surface area contributed by atoms with Crippen LogP contribution in [0.3, 0.4) is 0 Å². The molecule has 0 saturated heterocycles. The standard InChI is InChI=1S/C16H23F3/c1-5-13(15(2,3)4)10-9-12-7-6-8-14(11-12)16(17,18)19/h6-8,11,13H,5,9-10H2,1-4H3. The van der Waals surface area contributed by atoms with Crippen LogP contribution in [0.2, 0.25) is 0 Å². The molecule has 0 aliphatic heterocycles. The summed E-state index contributed by atoms with van der Waals surface area (Å²) < 4.78 is 37.9. The molecule has 0 N–H and O–H groups in total. The van der Waals surface area contributed by atoms with Crippen molar-refractivity contribution in [2.75, 3.05) is 0 Å². The fraction of sp³-hybridized carbons (Fsp3) is 0.625. The van der Waals surface area contributed by atoms with Gasteiger partial charge in [0.15, 0.2) is 0 Å². The zero-order valence-corrected chi connectivity index (χ0v) is 12.1. The molecule has 19 heavy (non-hydrogen) atoms. The molecule has 0 aliphatic rings. The maximum atomic E-state index is 12.6. The van der Waals surface area contributed by atoms with Crippen molar-refractivity contribution in [2.24, 2.45) is 11.3 Å². The summed E-state index contributed by atoms with van der Waals surface area (Å²) in [6.45, 7) is 8.70. The second-order valence-electron chi connectivity index (χ2n) is 6.21. The minimum absolute atomic E-state index is 0.205. The average Bonchev–Trinajstić information content (AvgIpc) is 2.27. The van der Waals surface area contributed by atoms with E-state index in [0.717, 1.165) is 24.5 Å². The predicted molar refractivity (Wildman–Crippen MR) is 73.0 cm³/mol. The van der Waals surface area contributed by atoms with Gasteiger partial charge >= 0.3 is 6.18 Å². The molecule has 1 rings (SSSR count). The van der Waals surface area contributed by atoms with Crippen molar-refractivity contribution >= 4 is 0 Å². The first-order valence-electron chi connectivity index (χ1n) is 6.80. The van der Waals surface area contributed by atoms with Gasteiger partial charge in [-0.05, 0) is 35.8 Å². The second-order valence-corrected chi connectivity index (χ2v) is 6.21. The van der Waals surface area contributed by atoms with E-state index >= 15 is 0 Å². The molecular weight excluding hydrogens is 249 g/mol. The lowest BCUT2D eigenvalue weighted by Gasteiger charge is -2.30. The summed E-state index contributed by atoms with van der Waals surface area (Å²) >= 11 is 0. The van der Waals surface area contributed by atoms with Crippen LogP contribution < -0.4 is 0 Å². The highest BCUT2D eigenvalue weighted by atomic mass is 19.4. The van der Waals surface area contributed by atoms with Crippen LogP contribution in [-0.4, -0.2) is 0 Å². The molecule has 0 bridgehead atoms. The zero-order chi connectivity index (χ0) is 14.7. The molecule has 0 spiro atoms. The van der Waals surface area contributed by atoms with E-state index in [1.807, 2.05) is 0 Å². The summed E-state index contributed by atoms with van der Waals surface area (Å²) in [5.74, 6) is 0.530. The highest BCUT2D eigenvalue weighted by Crippen LogP contribution is 2.33. The molecule has 3 heteroatoms. The van der Waals surface area contributed by atoms with Crippen molar-refractivity contribution in [3.05, 3.63) is 35.4 Å². The molecule has 0 radical (unpaired) electrons. The summed E-state index contributed by atoms with van der Waals surface area (Å²) in [4.78, 5) is 0. The number of benzene rings is 1. The molecule has 1 aromatic carbocycles. The SMILES string of the molecule is CCC(CCc1cccc(C(F)(F)F)c1)C(C)(C)C. The number of hydrogen-bond donors (Lipinski definition) is 0. The van der Waals surface area contributed by atoms with Crippen LogP contribution in [0, 0.1) is 11.3 Å². The number of aryl methyl sites for hydroxylation is 1. The van der Waals surface area contributed by atoms with E-state index in [-0.39, 0.29) is 5.41 Å². The van der Waals surface area contributed by atoms with Gasteiger partial charge in [0, 0.05) is 0 Å². The topological polar surface area (TPSA) is 0 Å². The molecule has 1 unspecified atom stereocenters. The fourth-order valence-corrected chi connectivity index (χ4v) is 2.49. The van der Waals surface area contributed by atoms with Gasteiger partial charge < -0.3 is 0 Å². The Bertz CT molecular complexity index is 399. The van der Waals surface area contributed by atoms with Crippen LogP contribution in [0.25, 0.3) is 0 Å². The Labute approximate surface area is 114 Å². The molecule has 108 valence electrons. The number of halogens is 3. The highest BCUT2D eigenvalue weighted by Gasteiger charge is 2.30. The first kappa shape index (κ1) is 16.1. The van der Waals surface area contributed by atoms with Crippen LogP contribution >= 0.6 is 0 Å². The van der Waals surface area contributed by atoms with Gasteiger partial charge in [-0.15, -0.1) is 0 Å². The van der Waals surface area contributed by atoms with E-state index in [9.17, 15) is 13.2 Å². The Morgan fingerprint density at radius 1 is 1.11 bits per heavy atom. The van der Waals surface area contributed by atoms with Gasteiger partial charge in [-0.1, -0.05) is 52.3 Å². The lowest BCUT2D eigenvalue weighted by Crippen LogP contribution is -2.20. The van der Waals surface area contributed by atoms with Gasteiger partial charge in [0.2, 0.25) is 0 Å². The highest BCUT2D eigenvalue weighted by molar-refractivity contribution is 5.25. The quantitative estimate of drug-likeness (QED) is 0.658. The predicted octanol–water partition coefficient (Wildman–Crippen LogP) is 5.71. The Morgan fingerprint density at radius 2 is 1.74 bits per heavy atom. The average molecular weight is 272 g/mol. The maximum absolute atomic E-state index is 12.6. The van der Waals surface area contributed by atoms with Gasteiger partial charge in [0.05, 0.1) is 5.56 Å². The molecule has 0 aliphatic carbocycles.